The minimum Gasteiger partial charge on any atom is -0.347 e. The van der Waals surface area contributed by atoms with Gasteiger partial charge >= 0.3 is 0 Å². The highest BCUT2D eigenvalue weighted by Crippen LogP contribution is 2.13. The maximum Gasteiger partial charge on any atom is 0.268 e. The van der Waals surface area contributed by atoms with Crippen LogP contribution in [0.3, 0.4) is 0 Å². The Labute approximate surface area is 104 Å². The molecule has 0 unspecified atom stereocenters. The first kappa shape index (κ1) is 14.5. The van der Waals surface area contributed by atoms with Crippen LogP contribution < -0.4 is 11.1 Å². The van der Waals surface area contributed by atoms with Crippen molar-refractivity contribution in [3.63, 3.8) is 0 Å². The molecule has 15 heavy (non-hydrogen) atoms. The van der Waals surface area contributed by atoms with Crippen molar-refractivity contribution in [2.75, 3.05) is 6.54 Å². The Hall–Kier alpha value is -0.520. The first-order valence-electron chi connectivity index (χ1n) is 4.37. The number of aryl methyl sites for hydroxylation is 1. The SMILES string of the molecule is C[C@@H](CN)NC(=O)c1cc(Br)cn1C.Cl. The van der Waals surface area contributed by atoms with E-state index < -0.39 is 0 Å². The number of hydrogen-bond donors (Lipinski definition) is 2. The summed E-state index contributed by atoms with van der Waals surface area (Å²) in [6, 6.07) is 1.77. The Morgan fingerprint density at radius 2 is 2.33 bits per heavy atom. The molecular formula is C9H15BrClN3O. The van der Waals surface area contributed by atoms with Crippen molar-refractivity contribution in [1.82, 2.24) is 9.88 Å². The highest BCUT2D eigenvalue weighted by molar-refractivity contribution is 9.10. The fourth-order valence-electron chi connectivity index (χ4n) is 1.11. The van der Waals surface area contributed by atoms with Gasteiger partial charge in [0.25, 0.3) is 5.91 Å². The molecule has 0 bridgehead atoms. The van der Waals surface area contributed by atoms with Crippen LogP contribution in [0.25, 0.3) is 0 Å². The van der Waals surface area contributed by atoms with Crippen LogP contribution >= 0.6 is 28.3 Å². The Bertz CT molecular complexity index is 340. The topological polar surface area (TPSA) is 60.0 Å². The van der Waals surface area contributed by atoms with Crippen molar-refractivity contribution in [2.24, 2.45) is 12.8 Å². The zero-order valence-corrected chi connectivity index (χ0v) is 11.1. The number of carbonyl (C=O) groups excluding carboxylic acids is 1. The van der Waals surface area contributed by atoms with E-state index >= 15 is 0 Å². The highest BCUT2D eigenvalue weighted by Gasteiger charge is 2.12. The van der Waals surface area contributed by atoms with Crippen LogP contribution in [0.5, 0.6) is 0 Å². The summed E-state index contributed by atoms with van der Waals surface area (Å²) in [5, 5.41) is 2.79. The highest BCUT2D eigenvalue weighted by atomic mass is 79.9. The van der Waals surface area contributed by atoms with Gasteiger partial charge in [0.2, 0.25) is 0 Å². The van der Waals surface area contributed by atoms with Crippen molar-refractivity contribution >= 4 is 34.2 Å². The van der Waals surface area contributed by atoms with Gasteiger partial charge < -0.3 is 15.6 Å². The third-order valence-electron chi connectivity index (χ3n) is 1.94. The molecule has 1 heterocycles. The monoisotopic (exact) mass is 295 g/mol. The molecule has 6 heteroatoms. The summed E-state index contributed by atoms with van der Waals surface area (Å²) in [4.78, 5) is 11.6. The van der Waals surface area contributed by atoms with Crippen molar-refractivity contribution in [2.45, 2.75) is 13.0 Å². The van der Waals surface area contributed by atoms with E-state index in [0.717, 1.165) is 4.47 Å². The van der Waals surface area contributed by atoms with Crippen LogP contribution in [0.1, 0.15) is 17.4 Å². The van der Waals surface area contributed by atoms with Gasteiger partial charge in [0.15, 0.2) is 0 Å². The van der Waals surface area contributed by atoms with Crippen LogP contribution in [-0.2, 0) is 7.05 Å². The molecule has 1 rings (SSSR count). The Balaban J connectivity index is 0.00000196. The van der Waals surface area contributed by atoms with Gasteiger partial charge in [-0.05, 0) is 28.9 Å². The van der Waals surface area contributed by atoms with E-state index in [-0.39, 0.29) is 24.4 Å². The molecule has 0 aliphatic carbocycles. The third kappa shape index (κ3) is 3.85. The Morgan fingerprint density at radius 3 is 2.73 bits per heavy atom. The summed E-state index contributed by atoms with van der Waals surface area (Å²) in [7, 11) is 1.83. The maximum atomic E-state index is 11.6. The molecule has 0 aliphatic heterocycles. The number of amides is 1. The van der Waals surface area contributed by atoms with Crippen LogP contribution in [0, 0.1) is 0 Å². The number of carbonyl (C=O) groups is 1. The molecule has 3 N–H and O–H groups in total. The van der Waals surface area contributed by atoms with Crippen LogP contribution in [0.15, 0.2) is 16.7 Å². The minimum atomic E-state index is -0.101. The molecule has 1 atom stereocenters. The van der Waals surface area contributed by atoms with E-state index in [4.69, 9.17) is 5.73 Å². The summed E-state index contributed by atoms with van der Waals surface area (Å²) in [5.41, 5.74) is 6.03. The maximum absolute atomic E-state index is 11.6. The lowest BCUT2D eigenvalue weighted by atomic mass is 10.3. The second kappa shape index (κ2) is 6.15. The predicted octanol–water partition coefficient (Wildman–Crippen LogP) is 1.29. The molecule has 0 aromatic carbocycles. The van der Waals surface area contributed by atoms with Gasteiger partial charge in [-0.3, -0.25) is 4.79 Å². The number of nitrogens with two attached hydrogens (primary N) is 1. The number of nitrogens with zero attached hydrogens (tertiary/aromatic N) is 1. The van der Waals surface area contributed by atoms with E-state index in [2.05, 4.69) is 21.2 Å². The lowest BCUT2D eigenvalue weighted by Crippen LogP contribution is -2.38. The minimum absolute atomic E-state index is 0. The summed E-state index contributed by atoms with van der Waals surface area (Å²) in [6.07, 6.45) is 1.84. The van der Waals surface area contributed by atoms with Gasteiger partial charge in [-0.2, -0.15) is 0 Å². The molecule has 1 aromatic heterocycles. The second-order valence-corrected chi connectivity index (χ2v) is 4.18. The van der Waals surface area contributed by atoms with Gasteiger partial charge in [0.1, 0.15) is 5.69 Å². The summed E-state index contributed by atoms with van der Waals surface area (Å²) in [6.45, 7) is 2.31. The van der Waals surface area contributed by atoms with E-state index in [9.17, 15) is 4.79 Å². The average molecular weight is 297 g/mol. The zero-order valence-electron chi connectivity index (χ0n) is 8.66. The molecule has 0 aliphatic rings. The molecule has 1 amide bonds. The molecule has 0 fully saturated rings. The van der Waals surface area contributed by atoms with Crippen molar-refractivity contribution in [3.05, 3.63) is 22.4 Å². The van der Waals surface area contributed by atoms with Crippen LogP contribution in [0.2, 0.25) is 0 Å². The summed E-state index contributed by atoms with van der Waals surface area (Å²) < 4.78 is 2.66. The molecule has 0 spiro atoms. The van der Waals surface area contributed by atoms with E-state index in [1.807, 2.05) is 20.2 Å². The van der Waals surface area contributed by atoms with Crippen LogP contribution in [-0.4, -0.2) is 23.1 Å². The molecule has 1 aromatic rings. The lowest BCUT2D eigenvalue weighted by molar-refractivity contribution is 0.0933. The molecule has 0 saturated heterocycles. The molecular weight excluding hydrogens is 281 g/mol. The average Bonchev–Trinajstić information content (AvgIpc) is 2.45. The van der Waals surface area contributed by atoms with Gasteiger partial charge in [-0.25, -0.2) is 0 Å². The molecule has 0 radical (unpaired) electrons. The number of hydrogen-bond acceptors (Lipinski definition) is 2. The Kier molecular flexibility index (Phi) is 5.93. The fourth-order valence-corrected chi connectivity index (χ4v) is 1.63. The van der Waals surface area contributed by atoms with Gasteiger partial charge in [-0.1, -0.05) is 0 Å². The number of aromatic nitrogens is 1. The number of rotatable bonds is 3. The Morgan fingerprint density at radius 1 is 1.73 bits per heavy atom. The standard InChI is InChI=1S/C9H14BrN3O.ClH/c1-6(4-11)12-9(14)8-3-7(10)5-13(8)2;/h3,5-6H,4,11H2,1-2H3,(H,12,14);1H/t6-;/m0./s1. The van der Waals surface area contributed by atoms with E-state index in [0.29, 0.717) is 12.2 Å². The van der Waals surface area contributed by atoms with Gasteiger partial charge in [0, 0.05) is 30.3 Å². The normalized spacial score (nSPS) is 11.7. The molecule has 0 saturated carbocycles. The first-order valence-corrected chi connectivity index (χ1v) is 5.16. The first-order chi connectivity index (χ1) is 6.54. The predicted molar refractivity (Wildman–Crippen MR) is 66.3 cm³/mol. The van der Waals surface area contributed by atoms with Crippen LogP contribution in [0.4, 0.5) is 0 Å². The zero-order chi connectivity index (χ0) is 10.7. The number of halogens is 2. The smallest absolute Gasteiger partial charge is 0.268 e. The second-order valence-electron chi connectivity index (χ2n) is 3.26. The van der Waals surface area contributed by atoms with E-state index in [1.165, 1.54) is 0 Å². The van der Waals surface area contributed by atoms with Gasteiger partial charge in [0.05, 0.1) is 0 Å². The van der Waals surface area contributed by atoms with Crippen molar-refractivity contribution in [1.29, 1.82) is 0 Å². The van der Waals surface area contributed by atoms with Crippen molar-refractivity contribution in [3.8, 4) is 0 Å². The summed E-state index contributed by atoms with van der Waals surface area (Å²) in [5.74, 6) is -0.101. The van der Waals surface area contributed by atoms with Gasteiger partial charge in [-0.15, -0.1) is 12.4 Å². The fraction of sp³-hybridized carbons (Fsp3) is 0.444. The molecule has 4 nitrogen and oxygen atoms in total. The third-order valence-corrected chi connectivity index (χ3v) is 2.37. The lowest BCUT2D eigenvalue weighted by Gasteiger charge is -2.11. The summed E-state index contributed by atoms with van der Waals surface area (Å²) >= 11 is 3.31. The molecule has 86 valence electrons. The number of nitrogens with one attached hydrogen (secondary N) is 1. The van der Waals surface area contributed by atoms with E-state index in [1.54, 1.807) is 10.6 Å². The van der Waals surface area contributed by atoms with Crippen molar-refractivity contribution < 1.29 is 4.79 Å². The quantitative estimate of drug-likeness (QED) is 0.883. The largest absolute Gasteiger partial charge is 0.347 e.